The number of nitrogens with zero attached hydrogens (tertiary/aromatic N) is 3. The summed E-state index contributed by atoms with van der Waals surface area (Å²) in [6.07, 6.45) is 7.08. The molecule has 1 fully saturated rings. The van der Waals surface area contributed by atoms with Crippen molar-refractivity contribution in [2.24, 2.45) is 16.0 Å². The highest BCUT2D eigenvalue weighted by atomic mass is 32.1. The predicted octanol–water partition coefficient (Wildman–Crippen LogP) is 5.22. The van der Waals surface area contributed by atoms with E-state index in [9.17, 15) is 4.79 Å². The minimum absolute atomic E-state index is 0.0570. The van der Waals surface area contributed by atoms with Crippen molar-refractivity contribution in [3.05, 3.63) is 40.5 Å². The number of carbonyl (C=O) groups excluding carboxylic acids is 1. The van der Waals surface area contributed by atoms with E-state index >= 15 is 0 Å². The fourth-order valence-electron chi connectivity index (χ4n) is 4.10. The Kier molecular flexibility index (Phi) is 6.70. The van der Waals surface area contributed by atoms with Crippen molar-refractivity contribution < 1.29 is 9.53 Å². The number of rotatable bonds is 6. The fraction of sp³-hybridized carbons (Fsp3) is 0.458. The number of fused-ring (bicyclic) bond motifs is 1. The van der Waals surface area contributed by atoms with E-state index in [4.69, 9.17) is 14.8 Å². The van der Waals surface area contributed by atoms with Crippen LogP contribution in [0.15, 0.2) is 45.8 Å². The maximum absolute atomic E-state index is 11.7. The minimum atomic E-state index is -0.135. The lowest BCUT2D eigenvalue weighted by atomic mass is 9.85. The fourth-order valence-corrected chi connectivity index (χ4v) is 4.93. The first kappa shape index (κ1) is 21.6. The zero-order valence-corrected chi connectivity index (χ0v) is 19.1. The minimum Gasteiger partial charge on any atom is -0.482 e. The third-order valence-electron chi connectivity index (χ3n) is 5.70. The van der Waals surface area contributed by atoms with E-state index in [1.807, 2.05) is 29.8 Å². The Morgan fingerprint density at radius 2 is 2.16 bits per heavy atom. The molecule has 1 N–H and O–H groups in total. The zero-order chi connectivity index (χ0) is 21.8. The molecule has 2 heterocycles. The van der Waals surface area contributed by atoms with E-state index in [2.05, 4.69) is 24.2 Å². The average molecular weight is 439 g/mol. The Balaban J connectivity index is 1.70. The van der Waals surface area contributed by atoms with Gasteiger partial charge >= 0.3 is 0 Å². The smallest absolute Gasteiger partial charge is 0.262 e. The Hall–Kier alpha value is -2.67. The normalized spacial score (nSPS) is 18.9. The zero-order valence-electron chi connectivity index (χ0n) is 18.3. The van der Waals surface area contributed by atoms with Crippen LogP contribution in [0.1, 0.15) is 52.4 Å². The van der Waals surface area contributed by atoms with Crippen LogP contribution in [0.4, 0.5) is 5.69 Å². The first-order chi connectivity index (χ1) is 15.0. The third kappa shape index (κ3) is 5.15. The molecule has 1 aromatic carbocycles. The highest BCUT2D eigenvalue weighted by Gasteiger charge is 2.20. The summed E-state index contributed by atoms with van der Waals surface area (Å²) >= 11 is 1.58. The Morgan fingerprint density at radius 1 is 1.35 bits per heavy atom. The number of hydrogen-bond acceptors (Lipinski definition) is 5. The largest absolute Gasteiger partial charge is 0.482 e. The van der Waals surface area contributed by atoms with E-state index in [0.29, 0.717) is 18.0 Å². The van der Waals surface area contributed by atoms with Crippen molar-refractivity contribution in [1.82, 2.24) is 4.68 Å². The van der Waals surface area contributed by atoms with Crippen LogP contribution < -0.4 is 14.9 Å². The molecule has 31 heavy (non-hydrogen) atoms. The van der Waals surface area contributed by atoms with Crippen LogP contribution in [0.3, 0.4) is 0 Å². The average Bonchev–Trinajstić information content (AvgIpc) is 3.15. The topological polar surface area (TPSA) is 68.0 Å². The van der Waals surface area contributed by atoms with Gasteiger partial charge in [-0.25, -0.2) is 4.68 Å². The molecule has 0 saturated heterocycles. The van der Waals surface area contributed by atoms with Crippen LogP contribution in [0.5, 0.6) is 5.75 Å². The highest BCUT2D eigenvalue weighted by Crippen LogP contribution is 2.33. The molecule has 1 aliphatic heterocycles. The number of benzene rings is 1. The van der Waals surface area contributed by atoms with Gasteiger partial charge < -0.3 is 10.1 Å². The summed E-state index contributed by atoms with van der Waals surface area (Å²) in [5.41, 5.74) is 4.89. The molecule has 0 spiro atoms. The lowest BCUT2D eigenvalue weighted by Gasteiger charge is -2.22. The van der Waals surface area contributed by atoms with Crippen LogP contribution >= 0.6 is 11.3 Å². The number of ether oxygens (including phenoxy) is 1. The summed E-state index contributed by atoms with van der Waals surface area (Å²) < 4.78 is 7.47. The molecule has 1 amide bonds. The summed E-state index contributed by atoms with van der Waals surface area (Å²) in [5.74, 6) is 1.38. The summed E-state index contributed by atoms with van der Waals surface area (Å²) in [6.45, 7) is 8.86. The van der Waals surface area contributed by atoms with Crippen LogP contribution in [0.2, 0.25) is 0 Å². The van der Waals surface area contributed by atoms with Crippen molar-refractivity contribution in [2.45, 2.75) is 52.4 Å². The molecule has 1 saturated carbocycles. The van der Waals surface area contributed by atoms with Gasteiger partial charge in [0.25, 0.3) is 5.91 Å². The van der Waals surface area contributed by atoms with E-state index in [0.717, 1.165) is 40.4 Å². The quantitative estimate of drug-likeness (QED) is 0.629. The number of nitrogens with one attached hydrogen (secondary N) is 1. The van der Waals surface area contributed by atoms with Gasteiger partial charge in [-0.1, -0.05) is 31.9 Å². The van der Waals surface area contributed by atoms with Gasteiger partial charge in [-0.15, -0.1) is 11.3 Å². The Bertz CT molecular complexity index is 1070. The molecule has 2 aliphatic rings. The molecule has 0 bridgehead atoms. The second kappa shape index (κ2) is 9.64. The van der Waals surface area contributed by atoms with Crippen LogP contribution in [-0.4, -0.2) is 29.4 Å². The molecule has 1 aliphatic carbocycles. The van der Waals surface area contributed by atoms with Gasteiger partial charge in [0.15, 0.2) is 6.61 Å². The van der Waals surface area contributed by atoms with E-state index < -0.39 is 0 Å². The number of hydrogen-bond donors (Lipinski definition) is 1. The van der Waals surface area contributed by atoms with E-state index in [1.54, 1.807) is 11.3 Å². The van der Waals surface area contributed by atoms with Gasteiger partial charge in [0.2, 0.25) is 4.80 Å². The molecule has 0 radical (unpaired) electrons. The van der Waals surface area contributed by atoms with Gasteiger partial charge in [-0.3, -0.25) is 9.79 Å². The Morgan fingerprint density at radius 3 is 2.90 bits per heavy atom. The van der Waals surface area contributed by atoms with Gasteiger partial charge in [0.1, 0.15) is 5.75 Å². The van der Waals surface area contributed by atoms with Gasteiger partial charge in [-0.05, 0) is 56.7 Å². The first-order valence-electron chi connectivity index (χ1n) is 11.0. The molecule has 7 heteroatoms. The summed E-state index contributed by atoms with van der Waals surface area (Å²) in [5, 5.41) is 10.0. The summed E-state index contributed by atoms with van der Waals surface area (Å²) in [6, 6.07) is 5.86. The molecule has 4 rings (SSSR count). The van der Waals surface area contributed by atoms with Crippen molar-refractivity contribution in [3.8, 4) is 17.0 Å². The maximum atomic E-state index is 11.7. The van der Waals surface area contributed by atoms with Crippen LogP contribution in [-0.2, 0) is 4.79 Å². The molecule has 2 aromatic rings. The van der Waals surface area contributed by atoms with E-state index in [-0.39, 0.29) is 12.5 Å². The molecule has 0 atom stereocenters. The first-order valence-corrected chi connectivity index (χ1v) is 11.9. The second-order valence-corrected chi connectivity index (χ2v) is 9.27. The van der Waals surface area contributed by atoms with Crippen LogP contribution in [0.25, 0.3) is 11.3 Å². The number of thiazole rings is 1. The number of carbonyl (C=O) groups is 1. The van der Waals surface area contributed by atoms with Crippen molar-refractivity contribution in [2.75, 3.05) is 18.5 Å². The lowest BCUT2D eigenvalue weighted by Crippen LogP contribution is -2.25. The van der Waals surface area contributed by atoms with Gasteiger partial charge in [-0.2, -0.15) is 5.10 Å². The number of aromatic nitrogens is 1. The van der Waals surface area contributed by atoms with E-state index in [1.165, 1.54) is 31.4 Å². The van der Waals surface area contributed by atoms with Gasteiger partial charge in [0, 0.05) is 16.7 Å². The highest BCUT2D eigenvalue weighted by molar-refractivity contribution is 7.07. The lowest BCUT2D eigenvalue weighted by molar-refractivity contribution is -0.118. The van der Waals surface area contributed by atoms with Crippen LogP contribution in [0, 0.1) is 5.92 Å². The molecule has 6 nitrogen and oxygen atoms in total. The SMILES string of the molecule is C=C(C)CN=c1scc(-c2ccc3c(c2)NC(=O)CO3)n1N=C1CCC(CCC)CC1. The van der Waals surface area contributed by atoms with Crippen molar-refractivity contribution >= 4 is 28.6 Å². The van der Waals surface area contributed by atoms with Crippen molar-refractivity contribution in [3.63, 3.8) is 0 Å². The standard InChI is InChI=1S/C24H30N4O2S/c1-4-5-17-6-9-19(10-7-17)27-28-21(15-31-24(28)25-13-16(2)3)18-8-11-22-20(12-18)26-23(29)14-30-22/h8,11-12,15,17H,2,4-7,9-10,13-14H2,1,3H3,(H,26,29). The molecule has 1 aromatic heterocycles. The predicted molar refractivity (Wildman–Crippen MR) is 127 cm³/mol. The summed E-state index contributed by atoms with van der Waals surface area (Å²) in [4.78, 5) is 17.3. The number of anilines is 1. The summed E-state index contributed by atoms with van der Waals surface area (Å²) in [7, 11) is 0. The third-order valence-corrected chi connectivity index (χ3v) is 6.55. The monoisotopic (exact) mass is 438 g/mol. The maximum Gasteiger partial charge on any atom is 0.262 e. The molecule has 164 valence electrons. The second-order valence-electron chi connectivity index (χ2n) is 8.43. The van der Waals surface area contributed by atoms with Crippen molar-refractivity contribution in [1.29, 1.82) is 0 Å². The molecular weight excluding hydrogens is 408 g/mol. The Labute approximate surface area is 187 Å². The van der Waals surface area contributed by atoms with Gasteiger partial charge in [0.05, 0.1) is 17.9 Å². The number of amides is 1. The molecular formula is C24H30N4O2S. The molecule has 0 unspecified atom stereocenters.